The predicted molar refractivity (Wildman–Crippen MR) is 90.1 cm³/mol. The Kier molecular flexibility index (Phi) is 8.36. The zero-order valence-corrected chi connectivity index (χ0v) is 14.7. The van der Waals surface area contributed by atoms with Crippen LogP contribution in [0.2, 0.25) is 0 Å². The molecule has 0 unspecified atom stereocenters. The van der Waals surface area contributed by atoms with Crippen LogP contribution in [0.25, 0.3) is 0 Å². The fraction of sp³-hybridized carbons (Fsp3) is 0.875. The summed E-state index contributed by atoms with van der Waals surface area (Å²) in [5.41, 5.74) is 4.95. The van der Waals surface area contributed by atoms with Gasteiger partial charge in [0.2, 0.25) is 11.8 Å². The standard InChI is InChI=1S/C16H27F2N3O2.ClH/c17-16(18,9-19)10-20-14(22)12-5-7-13(8-6-12)21-15(23)11-3-1-2-4-11;/h11-13H,1-10,19H2,(H,20,22)(H,21,23);1H. The molecule has 0 atom stereocenters. The number of amides is 2. The monoisotopic (exact) mass is 367 g/mol. The molecule has 2 aliphatic carbocycles. The largest absolute Gasteiger partial charge is 0.353 e. The number of carbonyl (C=O) groups excluding carboxylic acids is 2. The average molecular weight is 368 g/mol. The van der Waals surface area contributed by atoms with Crippen LogP contribution in [-0.4, -0.2) is 36.9 Å². The molecular formula is C16H28ClF2N3O2. The van der Waals surface area contributed by atoms with Crippen LogP contribution in [0.3, 0.4) is 0 Å². The van der Waals surface area contributed by atoms with E-state index in [1.807, 2.05) is 0 Å². The Hall–Kier alpha value is -0.950. The van der Waals surface area contributed by atoms with Crippen LogP contribution in [-0.2, 0) is 9.59 Å². The summed E-state index contributed by atoms with van der Waals surface area (Å²) in [7, 11) is 0. The molecule has 24 heavy (non-hydrogen) atoms. The summed E-state index contributed by atoms with van der Waals surface area (Å²) in [5, 5.41) is 5.37. The van der Waals surface area contributed by atoms with Crippen molar-refractivity contribution in [1.82, 2.24) is 10.6 Å². The first kappa shape index (κ1) is 21.1. The van der Waals surface area contributed by atoms with Crippen LogP contribution in [0, 0.1) is 11.8 Å². The van der Waals surface area contributed by atoms with E-state index in [1.54, 1.807) is 0 Å². The molecule has 8 heteroatoms. The molecule has 2 saturated carbocycles. The van der Waals surface area contributed by atoms with Gasteiger partial charge in [-0.1, -0.05) is 12.8 Å². The SMILES string of the molecule is Cl.NCC(F)(F)CNC(=O)C1CCC(NC(=O)C2CCCC2)CC1. The topological polar surface area (TPSA) is 84.2 Å². The maximum Gasteiger partial charge on any atom is 0.277 e. The van der Waals surface area contributed by atoms with Crippen LogP contribution in [0.4, 0.5) is 8.78 Å². The maximum atomic E-state index is 13.0. The number of nitrogens with one attached hydrogen (secondary N) is 2. The lowest BCUT2D eigenvalue weighted by Gasteiger charge is -2.29. The number of hydrogen-bond acceptors (Lipinski definition) is 3. The summed E-state index contributed by atoms with van der Waals surface area (Å²) >= 11 is 0. The van der Waals surface area contributed by atoms with Gasteiger partial charge in [-0.2, -0.15) is 0 Å². The lowest BCUT2D eigenvalue weighted by atomic mass is 9.85. The summed E-state index contributed by atoms with van der Waals surface area (Å²) in [6, 6.07) is 0.109. The van der Waals surface area contributed by atoms with E-state index >= 15 is 0 Å². The Labute approximate surface area is 147 Å². The fourth-order valence-corrected chi connectivity index (χ4v) is 3.44. The number of halogens is 3. The molecule has 0 spiro atoms. The van der Waals surface area contributed by atoms with Crippen LogP contribution in [0.15, 0.2) is 0 Å². The molecule has 140 valence electrons. The molecule has 4 N–H and O–H groups in total. The van der Waals surface area contributed by atoms with E-state index in [9.17, 15) is 18.4 Å². The first-order chi connectivity index (χ1) is 10.9. The summed E-state index contributed by atoms with van der Waals surface area (Å²) in [6.45, 7) is -1.48. The van der Waals surface area contributed by atoms with E-state index < -0.39 is 19.0 Å². The number of carbonyl (C=O) groups is 2. The third kappa shape index (κ3) is 6.16. The highest BCUT2D eigenvalue weighted by molar-refractivity contribution is 5.85. The van der Waals surface area contributed by atoms with Crippen molar-refractivity contribution in [3.63, 3.8) is 0 Å². The fourth-order valence-electron chi connectivity index (χ4n) is 3.44. The molecule has 0 aromatic heterocycles. The van der Waals surface area contributed by atoms with Gasteiger partial charge in [-0.3, -0.25) is 9.59 Å². The van der Waals surface area contributed by atoms with Crippen molar-refractivity contribution >= 4 is 24.2 Å². The molecule has 2 rings (SSSR count). The van der Waals surface area contributed by atoms with Crippen LogP contribution >= 0.6 is 12.4 Å². The second-order valence-electron chi connectivity index (χ2n) is 6.82. The Balaban J connectivity index is 0.00000288. The Morgan fingerprint density at radius 3 is 2.04 bits per heavy atom. The highest BCUT2D eigenvalue weighted by Gasteiger charge is 2.32. The zero-order chi connectivity index (χ0) is 16.9. The number of rotatable bonds is 6. The van der Waals surface area contributed by atoms with E-state index in [2.05, 4.69) is 10.6 Å². The van der Waals surface area contributed by atoms with Gasteiger partial charge in [0.05, 0.1) is 13.1 Å². The van der Waals surface area contributed by atoms with Gasteiger partial charge < -0.3 is 16.4 Å². The summed E-state index contributed by atoms with van der Waals surface area (Å²) in [6.07, 6.45) is 6.88. The number of nitrogens with two attached hydrogens (primary N) is 1. The van der Waals surface area contributed by atoms with Crippen LogP contribution in [0.1, 0.15) is 51.4 Å². The highest BCUT2D eigenvalue weighted by Crippen LogP contribution is 2.28. The molecule has 0 heterocycles. The first-order valence-corrected chi connectivity index (χ1v) is 8.57. The minimum atomic E-state index is -3.05. The lowest BCUT2D eigenvalue weighted by molar-refractivity contribution is -0.128. The molecule has 2 fully saturated rings. The second-order valence-corrected chi connectivity index (χ2v) is 6.82. The molecule has 0 bridgehead atoms. The highest BCUT2D eigenvalue weighted by atomic mass is 35.5. The van der Waals surface area contributed by atoms with Crippen molar-refractivity contribution in [3.8, 4) is 0 Å². The van der Waals surface area contributed by atoms with Crippen LogP contribution < -0.4 is 16.4 Å². The van der Waals surface area contributed by atoms with Crippen molar-refractivity contribution in [2.75, 3.05) is 13.1 Å². The maximum absolute atomic E-state index is 13.0. The van der Waals surface area contributed by atoms with Gasteiger partial charge in [0.25, 0.3) is 5.92 Å². The van der Waals surface area contributed by atoms with Crippen molar-refractivity contribution < 1.29 is 18.4 Å². The number of hydrogen-bond donors (Lipinski definition) is 3. The summed E-state index contributed by atoms with van der Waals surface area (Å²) in [5.74, 6) is -3.35. The Morgan fingerprint density at radius 1 is 0.958 bits per heavy atom. The molecule has 0 aliphatic heterocycles. The minimum absolute atomic E-state index is 0. The molecule has 0 saturated heterocycles. The van der Waals surface area contributed by atoms with Gasteiger partial charge in [0.1, 0.15) is 0 Å². The third-order valence-corrected chi connectivity index (χ3v) is 4.99. The van der Waals surface area contributed by atoms with E-state index in [0.717, 1.165) is 38.5 Å². The minimum Gasteiger partial charge on any atom is -0.353 e. The first-order valence-electron chi connectivity index (χ1n) is 8.57. The second kappa shape index (κ2) is 9.51. The molecule has 0 aromatic carbocycles. The third-order valence-electron chi connectivity index (χ3n) is 4.99. The van der Waals surface area contributed by atoms with E-state index in [-0.39, 0.29) is 42.1 Å². The predicted octanol–water partition coefficient (Wildman–Crippen LogP) is 1.98. The average Bonchev–Trinajstić information content (AvgIpc) is 3.08. The van der Waals surface area contributed by atoms with E-state index in [0.29, 0.717) is 12.8 Å². The quantitative estimate of drug-likeness (QED) is 0.671. The van der Waals surface area contributed by atoms with Gasteiger partial charge >= 0.3 is 0 Å². The molecule has 2 amide bonds. The van der Waals surface area contributed by atoms with Gasteiger partial charge in [-0.05, 0) is 38.5 Å². The number of alkyl halides is 2. The normalized spacial score (nSPS) is 25.0. The van der Waals surface area contributed by atoms with Crippen molar-refractivity contribution in [3.05, 3.63) is 0 Å². The molecular weight excluding hydrogens is 340 g/mol. The van der Waals surface area contributed by atoms with Crippen molar-refractivity contribution in [1.29, 1.82) is 0 Å². The lowest BCUT2D eigenvalue weighted by Crippen LogP contribution is -2.46. The zero-order valence-electron chi connectivity index (χ0n) is 13.9. The summed E-state index contributed by atoms with van der Waals surface area (Å²) < 4.78 is 26.1. The van der Waals surface area contributed by atoms with Gasteiger partial charge in [0.15, 0.2) is 0 Å². The Morgan fingerprint density at radius 2 is 1.50 bits per heavy atom. The molecule has 5 nitrogen and oxygen atoms in total. The van der Waals surface area contributed by atoms with E-state index in [1.165, 1.54) is 0 Å². The van der Waals surface area contributed by atoms with E-state index in [4.69, 9.17) is 5.73 Å². The summed E-state index contributed by atoms with van der Waals surface area (Å²) in [4.78, 5) is 24.0. The van der Waals surface area contributed by atoms with Gasteiger partial charge in [0, 0.05) is 17.9 Å². The van der Waals surface area contributed by atoms with Gasteiger partial charge in [-0.25, -0.2) is 8.78 Å². The van der Waals surface area contributed by atoms with Gasteiger partial charge in [-0.15, -0.1) is 12.4 Å². The Bertz CT molecular complexity index is 424. The van der Waals surface area contributed by atoms with Crippen LogP contribution in [0.5, 0.6) is 0 Å². The van der Waals surface area contributed by atoms with Crippen molar-refractivity contribution in [2.24, 2.45) is 17.6 Å². The van der Waals surface area contributed by atoms with Crippen molar-refractivity contribution in [2.45, 2.75) is 63.3 Å². The smallest absolute Gasteiger partial charge is 0.277 e. The molecule has 2 aliphatic rings. The molecule has 0 radical (unpaired) electrons. The molecule has 0 aromatic rings.